The molecule has 0 saturated carbocycles. The third kappa shape index (κ3) is 4.53. The summed E-state index contributed by atoms with van der Waals surface area (Å²) >= 11 is 0. The smallest absolute Gasteiger partial charge is 0.486 e. The maximum atomic E-state index is 11.2. The van der Waals surface area contributed by atoms with E-state index in [0.29, 0.717) is 18.9 Å². The third-order valence-electron chi connectivity index (χ3n) is 3.61. The van der Waals surface area contributed by atoms with E-state index in [0.717, 1.165) is 31.0 Å². The molecule has 2 aliphatic rings. The Labute approximate surface area is 141 Å². The second kappa shape index (κ2) is 8.08. The van der Waals surface area contributed by atoms with Crippen LogP contribution < -0.4 is 9.47 Å². The number of carbonyl (C=O) groups excluding carboxylic acids is 1. The number of fused-ring (bicyclic) bond motifs is 1. The van der Waals surface area contributed by atoms with Crippen molar-refractivity contribution in [3.8, 4) is 11.5 Å². The minimum absolute atomic E-state index is 0. The standard InChI is InChI=1S/C16H19NO5.ClH/c1-19-16(18)22-12-5-4-8-17(9-12)10-13-11-20-14-6-2-3-7-15(14)21-13;/h2-3,5-7,13H,4,8-11H2,1H3;1H. The highest BCUT2D eigenvalue weighted by atomic mass is 35.5. The molecule has 23 heavy (non-hydrogen) atoms. The summed E-state index contributed by atoms with van der Waals surface area (Å²) in [5.41, 5.74) is 0. The summed E-state index contributed by atoms with van der Waals surface area (Å²) in [4.78, 5) is 13.3. The van der Waals surface area contributed by atoms with Gasteiger partial charge >= 0.3 is 6.16 Å². The van der Waals surface area contributed by atoms with Crippen LogP contribution in [0, 0.1) is 0 Å². The summed E-state index contributed by atoms with van der Waals surface area (Å²) < 4.78 is 21.3. The number of carbonyl (C=O) groups is 1. The molecule has 6 nitrogen and oxygen atoms in total. The zero-order valence-corrected chi connectivity index (χ0v) is 13.7. The van der Waals surface area contributed by atoms with Crippen LogP contribution >= 0.6 is 12.4 Å². The van der Waals surface area contributed by atoms with Gasteiger partial charge in [0.2, 0.25) is 0 Å². The van der Waals surface area contributed by atoms with Crippen molar-refractivity contribution in [3.05, 3.63) is 36.1 Å². The lowest BCUT2D eigenvalue weighted by Gasteiger charge is -2.32. The third-order valence-corrected chi connectivity index (χ3v) is 3.61. The van der Waals surface area contributed by atoms with Gasteiger partial charge in [-0.2, -0.15) is 0 Å². The van der Waals surface area contributed by atoms with Gasteiger partial charge in [0.25, 0.3) is 0 Å². The summed E-state index contributed by atoms with van der Waals surface area (Å²) in [5, 5.41) is 0. The predicted molar refractivity (Wildman–Crippen MR) is 86.2 cm³/mol. The quantitative estimate of drug-likeness (QED) is 0.788. The van der Waals surface area contributed by atoms with Gasteiger partial charge in [-0.1, -0.05) is 12.1 Å². The first kappa shape index (κ1) is 17.4. The summed E-state index contributed by atoms with van der Waals surface area (Å²) in [7, 11) is 1.30. The number of hydrogen-bond donors (Lipinski definition) is 0. The molecule has 0 N–H and O–H groups in total. The Hall–Kier alpha value is -1.92. The number of ether oxygens (including phenoxy) is 4. The Balaban J connectivity index is 0.00000192. The number of methoxy groups -OCH3 is 1. The van der Waals surface area contributed by atoms with Crippen LogP contribution in [0.25, 0.3) is 0 Å². The lowest BCUT2D eigenvalue weighted by Crippen LogP contribution is -2.43. The van der Waals surface area contributed by atoms with Crippen LogP contribution in [0.1, 0.15) is 6.42 Å². The summed E-state index contributed by atoms with van der Waals surface area (Å²) in [6.45, 7) is 2.70. The molecule has 0 saturated heterocycles. The van der Waals surface area contributed by atoms with Crippen molar-refractivity contribution in [3.63, 3.8) is 0 Å². The average molecular weight is 342 g/mol. The molecule has 1 aromatic carbocycles. The molecule has 0 radical (unpaired) electrons. The lowest BCUT2D eigenvalue weighted by molar-refractivity contribution is 0.0509. The van der Waals surface area contributed by atoms with E-state index in [2.05, 4.69) is 9.64 Å². The SMILES string of the molecule is COC(=O)OC1=CCCN(CC2COc3ccccc3O2)C1.Cl. The lowest BCUT2D eigenvalue weighted by atomic mass is 10.2. The van der Waals surface area contributed by atoms with Crippen molar-refractivity contribution in [1.82, 2.24) is 4.90 Å². The molecule has 0 bridgehead atoms. The number of hydrogen-bond acceptors (Lipinski definition) is 6. The molecule has 0 aliphatic carbocycles. The van der Waals surface area contributed by atoms with Crippen LogP contribution in [0.4, 0.5) is 4.79 Å². The molecule has 1 unspecified atom stereocenters. The molecule has 3 rings (SSSR count). The van der Waals surface area contributed by atoms with Gasteiger partial charge in [-0.3, -0.25) is 4.90 Å². The van der Waals surface area contributed by atoms with Crippen LogP contribution in [0.5, 0.6) is 11.5 Å². The molecule has 0 fully saturated rings. The molecule has 126 valence electrons. The van der Waals surface area contributed by atoms with Crippen LogP contribution in [-0.4, -0.2) is 50.5 Å². The monoisotopic (exact) mass is 341 g/mol. The summed E-state index contributed by atoms with van der Waals surface area (Å²) in [6, 6.07) is 7.66. The van der Waals surface area contributed by atoms with Crippen molar-refractivity contribution in [1.29, 1.82) is 0 Å². The summed E-state index contributed by atoms with van der Waals surface area (Å²) in [5.74, 6) is 2.18. The van der Waals surface area contributed by atoms with E-state index in [1.165, 1.54) is 7.11 Å². The van der Waals surface area contributed by atoms with Crippen LogP contribution in [-0.2, 0) is 9.47 Å². The average Bonchev–Trinajstić information content (AvgIpc) is 2.55. The van der Waals surface area contributed by atoms with Crippen LogP contribution in [0.15, 0.2) is 36.1 Å². The van der Waals surface area contributed by atoms with Crippen LogP contribution in [0.2, 0.25) is 0 Å². The minimum Gasteiger partial charge on any atom is -0.486 e. The zero-order valence-electron chi connectivity index (χ0n) is 12.9. The van der Waals surface area contributed by atoms with E-state index in [-0.39, 0.29) is 18.5 Å². The fourth-order valence-electron chi connectivity index (χ4n) is 2.59. The molecular formula is C16H20ClNO5. The Morgan fingerprint density at radius 2 is 2.13 bits per heavy atom. The molecule has 1 atom stereocenters. The molecule has 7 heteroatoms. The van der Waals surface area contributed by atoms with Crippen molar-refractivity contribution >= 4 is 18.6 Å². The van der Waals surface area contributed by atoms with Gasteiger partial charge in [0.05, 0.1) is 13.7 Å². The Morgan fingerprint density at radius 1 is 1.35 bits per heavy atom. The van der Waals surface area contributed by atoms with E-state index in [9.17, 15) is 4.79 Å². The molecule has 2 heterocycles. The first-order valence-electron chi connectivity index (χ1n) is 7.30. The van der Waals surface area contributed by atoms with Crippen molar-refractivity contribution in [2.24, 2.45) is 0 Å². The van der Waals surface area contributed by atoms with E-state index in [1.807, 2.05) is 30.3 Å². The van der Waals surface area contributed by atoms with Gasteiger partial charge in [-0.05, 0) is 24.6 Å². The van der Waals surface area contributed by atoms with E-state index in [4.69, 9.17) is 14.2 Å². The van der Waals surface area contributed by atoms with Crippen molar-refractivity contribution in [2.45, 2.75) is 12.5 Å². The molecule has 0 amide bonds. The minimum atomic E-state index is -0.681. The number of nitrogens with zero attached hydrogens (tertiary/aromatic N) is 1. The maximum absolute atomic E-state index is 11.2. The Bertz CT molecular complexity index is 577. The largest absolute Gasteiger partial charge is 0.513 e. The van der Waals surface area contributed by atoms with Gasteiger partial charge in [-0.15, -0.1) is 12.4 Å². The predicted octanol–water partition coefficient (Wildman–Crippen LogP) is 2.62. The fraction of sp³-hybridized carbons (Fsp3) is 0.438. The number of para-hydroxylation sites is 2. The van der Waals surface area contributed by atoms with Crippen molar-refractivity contribution in [2.75, 3.05) is 33.4 Å². The number of halogens is 1. The van der Waals surface area contributed by atoms with Gasteiger partial charge in [0.1, 0.15) is 18.5 Å². The maximum Gasteiger partial charge on any atom is 0.513 e. The molecule has 2 aliphatic heterocycles. The highest BCUT2D eigenvalue weighted by molar-refractivity contribution is 5.85. The first-order chi connectivity index (χ1) is 10.7. The van der Waals surface area contributed by atoms with Gasteiger partial charge in [0, 0.05) is 13.1 Å². The highest BCUT2D eigenvalue weighted by Crippen LogP contribution is 2.31. The second-order valence-corrected chi connectivity index (χ2v) is 5.25. The number of rotatable bonds is 3. The van der Waals surface area contributed by atoms with Gasteiger partial charge < -0.3 is 18.9 Å². The van der Waals surface area contributed by atoms with E-state index >= 15 is 0 Å². The Kier molecular flexibility index (Phi) is 6.12. The van der Waals surface area contributed by atoms with Crippen LogP contribution in [0.3, 0.4) is 0 Å². The topological polar surface area (TPSA) is 57.2 Å². The molecule has 0 spiro atoms. The van der Waals surface area contributed by atoms with Crippen molar-refractivity contribution < 1.29 is 23.7 Å². The van der Waals surface area contributed by atoms with E-state index in [1.54, 1.807) is 0 Å². The van der Waals surface area contributed by atoms with Gasteiger partial charge in [0.15, 0.2) is 11.5 Å². The molecule has 0 aromatic heterocycles. The number of benzene rings is 1. The normalized spacial score (nSPS) is 20.0. The Morgan fingerprint density at radius 3 is 2.91 bits per heavy atom. The molecular weight excluding hydrogens is 322 g/mol. The van der Waals surface area contributed by atoms with Gasteiger partial charge in [-0.25, -0.2) is 4.79 Å². The van der Waals surface area contributed by atoms with E-state index < -0.39 is 6.16 Å². The first-order valence-corrected chi connectivity index (χ1v) is 7.30. The summed E-state index contributed by atoms with van der Waals surface area (Å²) in [6.07, 6.45) is 2.03. The zero-order chi connectivity index (χ0) is 15.4. The molecule has 1 aromatic rings. The second-order valence-electron chi connectivity index (χ2n) is 5.25. The fourth-order valence-corrected chi connectivity index (χ4v) is 2.59. The highest BCUT2D eigenvalue weighted by Gasteiger charge is 2.25.